The topological polar surface area (TPSA) is 80.0 Å². The molecule has 0 bridgehead atoms. The van der Waals surface area contributed by atoms with Gasteiger partial charge in [-0.15, -0.1) is 15.0 Å². The van der Waals surface area contributed by atoms with Gasteiger partial charge in [0.25, 0.3) is 0 Å². The van der Waals surface area contributed by atoms with Crippen molar-refractivity contribution in [3.05, 3.63) is 42.0 Å². The largest absolute Gasteiger partial charge is 0.506 e. The number of phenolic OH excluding ortho intramolecular Hbond substituents is 1. The van der Waals surface area contributed by atoms with E-state index in [-0.39, 0.29) is 17.6 Å². The zero-order valence-corrected chi connectivity index (χ0v) is 15.4. The Hall–Kier alpha value is -2.89. The molecule has 2 aromatic carbocycles. The Kier molecular flexibility index (Phi) is 5.21. The fourth-order valence-corrected chi connectivity index (χ4v) is 3.02. The van der Waals surface area contributed by atoms with E-state index in [0.29, 0.717) is 11.4 Å². The average molecular weight is 352 g/mol. The molecule has 26 heavy (non-hydrogen) atoms. The number of rotatable bonds is 6. The van der Waals surface area contributed by atoms with Gasteiger partial charge in [-0.25, -0.2) is 0 Å². The van der Waals surface area contributed by atoms with Gasteiger partial charge in [0, 0.05) is 17.7 Å². The maximum Gasteiger partial charge on any atom is 0.227 e. The third kappa shape index (κ3) is 3.69. The van der Waals surface area contributed by atoms with Gasteiger partial charge in [-0.3, -0.25) is 4.79 Å². The fraction of sp³-hybridized carbons (Fsp3) is 0.350. The molecule has 1 heterocycles. The van der Waals surface area contributed by atoms with Crippen molar-refractivity contribution in [2.24, 2.45) is 5.92 Å². The lowest BCUT2D eigenvalue weighted by molar-refractivity contribution is -0.120. The van der Waals surface area contributed by atoms with E-state index in [9.17, 15) is 9.90 Å². The lowest BCUT2D eigenvalue weighted by atomic mass is 10.00. The van der Waals surface area contributed by atoms with E-state index in [0.717, 1.165) is 35.9 Å². The molecule has 6 heteroatoms. The number of hydrogen-bond acceptors (Lipinski definition) is 4. The third-order valence-corrected chi connectivity index (χ3v) is 4.49. The number of carbonyl (C=O) groups is 1. The molecule has 1 aromatic heterocycles. The van der Waals surface area contributed by atoms with Crippen LogP contribution in [0.15, 0.2) is 36.4 Å². The van der Waals surface area contributed by atoms with Crippen LogP contribution in [-0.2, 0) is 4.79 Å². The highest BCUT2D eigenvalue weighted by Crippen LogP contribution is 2.26. The van der Waals surface area contributed by atoms with Gasteiger partial charge < -0.3 is 10.4 Å². The molecule has 6 nitrogen and oxygen atoms in total. The zero-order valence-electron chi connectivity index (χ0n) is 15.4. The van der Waals surface area contributed by atoms with Crippen LogP contribution in [0.4, 0.5) is 5.69 Å². The summed E-state index contributed by atoms with van der Waals surface area (Å²) in [5.41, 5.74) is 3.67. The lowest BCUT2D eigenvalue weighted by Gasteiger charge is -2.14. The molecule has 3 rings (SSSR count). The number of hydrogen-bond donors (Lipinski definition) is 2. The molecular weight excluding hydrogens is 328 g/mol. The molecule has 0 saturated carbocycles. The molecule has 1 amide bonds. The van der Waals surface area contributed by atoms with Gasteiger partial charge in [0.1, 0.15) is 22.5 Å². The van der Waals surface area contributed by atoms with Gasteiger partial charge >= 0.3 is 0 Å². The van der Waals surface area contributed by atoms with Crippen LogP contribution in [0, 0.1) is 12.8 Å². The molecule has 1 unspecified atom stereocenters. The van der Waals surface area contributed by atoms with Crippen LogP contribution in [-0.4, -0.2) is 26.0 Å². The minimum Gasteiger partial charge on any atom is -0.506 e. The minimum absolute atomic E-state index is 0.0110. The van der Waals surface area contributed by atoms with Gasteiger partial charge in [0.15, 0.2) is 0 Å². The first kappa shape index (κ1) is 17.9. The standard InChI is InChI=1S/C20H24N4O2/c1-4-6-14(5-2)20(26)21-15-8-10-18(19(25)12-15)24-22-16-9-7-13(3)11-17(16)23-24/h7-12,14,25H,4-6H2,1-3H3,(H,21,26). The number of carbonyl (C=O) groups excluding carboxylic acids is 1. The average Bonchev–Trinajstić information content (AvgIpc) is 3.02. The summed E-state index contributed by atoms with van der Waals surface area (Å²) in [6.07, 6.45) is 2.62. The highest BCUT2D eigenvalue weighted by atomic mass is 16.3. The summed E-state index contributed by atoms with van der Waals surface area (Å²) in [6, 6.07) is 10.8. The number of anilines is 1. The number of aryl methyl sites for hydroxylation is 1. The molecule has 0 fully saturated rings. The molecule has 0 saturated heterocycles. The Morgan fingerprint density at radius 3 is 2.62 bits per heavy atom. The van der Waals surface area contributed by atoms with Crippen molar-refractivity contribution in [3.8, 4) is 11.4 Å². The predicted octanol–water partition coefficient (Wildman–Crippen LogP) is 4.20. The van der Waals surface area contributed by atoms with Gasteiger partial charge in [0.2, 0.25) is 5.91 Å². The summed E-state index contributed by atoms with van der Waals surface area (Å²) in [5, 5.41) is 22.1. The van der Waals surface area contributed by atoms with Gasteiger partial charge in [-0.2, -0.15) is 0 Å². The summed E-state index contributed by atoms with van der Waals surface area (Å²) in [4.78, 5) is 13.7. The normalized spacial score (nSPS) is 12.3. The molecule has 136 valence electrons. The summed E-state index contributed by atoms with van der Waals surface area (Å²) in [6.45, 7) is 6.07. The van der Waals surface area contributed by atoms with Crippen molar-refractivity contribution in [2.45, 2.75) is 40.0 Å². The van der Waals surface area contributed by atoms with Crippen LogP contribution < -0.4 is 5.32 Å². The molecule has 0 spiro atoms. The second-order valence-electron chi connectivity index (χ2n) is 6.57. The van der Waals surface area contributed by atoms with E-state index < -0.39 is 0 Å². The van der Waals surface area contributed by atoms with E-state index in [2.05, 4.69) is 22.4 Å². The first-order chi connectivity index (χ1) is 12.5. The summed E-state index contributed by atoms with van der Waals surface area (Å²) in [5.74, 6) is -0.00793. The Balaban J connectivity index is 1.83. The van der Waals surface area contributed by atoms with Crippen molar-refractivity contribution in [1.82, 2.24) is 15.0 Å². The van der Waals surface area contributed by atoms with Crippen LogP contribution >= 0.6 is 0 Å². The third-order valence-electron chi connectivity index (χ3n) is 4.49. The molecular formula is C20H24N4O2. The van der Waals surface area contributed by atoms with Crippen LogP contribution in [0.25, 0.3) is 16.7 Å². The second-order valence-corrected chi connectivity index (χ2v) is 6.57. The van der Waals surface area contributed by atoms with Gasteiger partial charge in [0.05, 0.1) is 0 Å². The number of nitrogens with one attached hydrogen (secondary N) is 1. The Labute approximate surface area is 152 Å². The van der Waals surface area contributed by atoms with Crippen LogP contribution in [0.2, 0.25) is 0 Å². The summed E-state index contributed by atoms with van der Waals surface area (Å²) < 4.78 is 0. The van der Waals surface area contributed by atoms with Crippen LogP contribution in [0.5, 0.6) is 5.75 Å². The SMILES string of the molecule is CCCC(CC)C(=O)Nc1ccc(-n2nc3ccc(C)cc3n2)c(O)c1. The van der Waals surface area contributed by atoms with Crippen molar-refractivity contribution in [3.63, 3.8) is 0 Å². The number of amides is 1. The van der Waals surface area contributed by atoms with E-state index >= 15 is 0 Å². The maximum absolute atomic E-state index is 12.3. The number of aromatic nitrogens is 3. The smallest absolute Gasteiger partial charge is 0.227 e. The lowest BCUT2D eigenvalue weighted by Crippen LogP contribution is -2.22. The van der Waals surface area contributed by atoms with Crippen molar-refractivity contribution < 1.29 is 9.90 Å². The van der Waals surface area contributed by atoms with Gasteiger partial charge in [-0.1, -0.05) is 26.3 Å². The Morgan fingerprint density at radius 2 is 1.92 bits per heavy atom. The predicted molar refractivity (Wildman–Crippen MR) is 103 cm³/mol. The molecule has 2 N–H and O–H groups in total. The van der Waals surface area contributed by atoms with Crippen molar-refractivity contribution >= 4 is 22.6 Å². The highest BCUT2D eigenvalue weighted by Gasteiger charge is 2.16. The monoisotopic (exact) mass is 352 g/mol. The van der Waals surface area contributed by atoms with E-state index in [1.807, 2.05) is 32.0 Å². The van der Waals surface area contributed by atoms with E-state index in [1.54, 1.807) is 12.1 Å². The molecule has 3 aromatic rings. The molecule has 0 radical (unpaired) electrons. The van der Waals surface area contributed by atoms with Crippen molar-refractivity contribution in [2.75, 3.05) is 5.32 Å². The molecule has 1 atom stereocenters. The van der Waals surface area contributed by atoms with E-state index in [1.165, 1.54) is 10.9 Å². The summed E-state index contributed by atoms with van der Waals surface area (Å²) >= 11 is 0. The minimum atomic E-state index is -0.0140. The molecule has 0 aliphatic heterocycles. The Bertz CT molecular complexity index is 933. The second kappa shape index (κ2) is 7.56. The van der Waals surface area contributed by atoms with Crippen LogP contribution in [0.1, 0.15) is 38.7 Å². The number of benzene rings is 2. The fourth-order valence-electron chi connectivity index (χ4n) is 3.02. The zero-order chi connectivity index (χ0) is 18.7. The van der Waals surface area contributed by atoms with Crippen LogP contribution in [0.3, 0.4) is 0 Å². The number of fused-ring (bicyclic) bond motifs is 1. The first-order valence-corrected chi connectivity index (χ1v) is 8.99. The number of aromatic hydroxyl groups is 1. The summed E-state index contributed by atoms with van der Waals surface area (Å²) in [7, 11) is 0. The highest BCUT2D eigenvalue weighted by molar-refractivity contribution is 5.92. The van der Waals surface area contributed by atoms with E-state index in [4.69, 9.17) is 0 Å². The molecule has 0 aliphatic carbocycles. The van der Waals surface area contributed by atoms with Crippen molar-refractivity contribution in [1.29, 1.82) is 0 Å². The molecule has 0 aliphatic rings. The Morgan fingerprint density at radius 1 is 1.15 bits per heavy atom. The first-order valence-electron chi connectivity index (χ1n) is 8.99. The quantitative estimate of drug-likeness (QED) is 0.697. The maximum atomic E-state index is 12.3. The van der Waals surface area contributed by atoms with Gasteiger partial charge in [-0.05, 0) is 49.6 Å². The number of phenols is 1. The number of nitrogens with zero attached hydrogens (tertiary/aromatic N) is 3.